The van der Waals surface area contributed by atoms with Crippen LogP contribution in [0.5, 0.6) is 0 Å². The highest BCUT2D eigenvalue weighted by Gasteiger charge is 2.57. The molecule has 3 aromatic rings. The zero-order chi connectivity index (χ0) is 29.0. The monoisotopic (exact) mass is 586 g/mol. The third-order valence-electron chi connectivity index (χ3n) is 6.68. The molecule has 0 bridgehead atoms. The van der Waals surface area contributed by atoms with E-state index in [1.54, 1.807) is 13.0 Å². The number of amides is 1. The number of pyridine rings is 1. The Morgan fingerprint density at radius 3 is 2.44 bits per heavy atom. The number of esters is 1. The van der Waals surface area contributed by atoms with Crippen LogP contribution in [0.1, 0.15) is 33.3 Å². The summed E-state index contributed by atoms with van der Waals surface area (Å²) in [7, 11) is 0. The molecule has 0 radical (unpaired) electrons. The van der Waals surface area contributed by atoms with Crippen molar-refractivity contribution >= 4 is 58.2 Å². The molecule has 2 aliphatic rings. The van der Waals surface area contributed by atoms with Crippen LogP contribution in [0.2, 0.25) is 0 Å². The van der Waals surface area contributed by atoms with Crippen molar-refractivity contribution < 1.29 is 23.9 Å². The van der Waals surface area contributed by atoms with Gasteiger partial charge in [-0.2, -0.15) is 0 Å². The van der Waals surface area contributed by atoms with Gasteiger partial charge in [0.25, 0.3) is 0 Å². The molecular weight excluding hydrogens is 560 g/mol. The summed E-state index contributed by atoms with van der Waals surface area (Å²) in [6.45, 7) is 1.64. The second-order valence-corrected chi connectivity index (χ2v) is 10.8. The maximum atomic E-state index is 14.0. The smallest absolute Gasteiger partial charge is 0.337 e. The van der Waals surface area contributed by atoms with E-state index in [1.807, 2.05) is 60.7 Å². The van der Waals surface area contributed by atoms with Crippen LogP contribution >= 0.6 is 24.0 Å². The molecule has 1 aromatic heterocycles. The summed E-state index contributed by atoms with van der Waals surface area (Å²) in [4.78, 5) is 58.8. The first-order valence-corrected chi connectivity index (χ1v) is 14.3. The molecule has 41 heavy (non-hydrogen) atoms. The molecule has 1 amide bonds. The molecule has 11 heteroatoms. The van der Waals surface area contributed by atoms with E-state index in [4.69, 9.17) is 17.0 Å². The highest BCUT2D eigenvalue weighted by Crippen LogP contribution is 2.45. The first kappa shape index (κ1) is 28.2. The van der Waals surface area contributed by atoms with Crippen molar-refractivity contribution in [2.45, 2.75) is 24.9 Å². The largest absolute Gasteiger partial charge is 0.464 e. The maximum absolute atomic E-state index is 14.0. The second kappa shape index (κ2) is 12.0. The molecule has 0 saturated heterocycles. The molecule has 0 spiro atoms. The van der Waals surface area contributed by atoms with E-state index in [9.17, 15) is 19.2 Å². The number of benzene rings is 2. The van der Waals surface area contributed by atoms with Crippen LogP contribution < -0.4 is 16.0 Å². The molecule has 1 aliphatic heterocycles. The van der Waals surface area contributed by atoms with Gasteiger partial charge in [-0.1, -0.05) is 48.5 Å². The topological polar surface area (TPSA) is 126 Å². The van der Waals surface area contributed by atoms with Crippen molar-refractivity contribution in [3.63, 3.8) is 0 Å². The molecule has 208 valence electrons. The zero-order valence-electron chi connectivity index (χ0n) is 22.0. The number of nitrogens with one attached hydrogen (secondary N) is 3. The maximum Gasteiger partial charge on any atom is 0.337 e. The Balaban J connectivity index is 1.49. The summed E-state index contributed by atoms with van der Waals surface area (Å²) in [5, 5.41) is 9.11. The molecule has 0 saturated carbocycles. The number of fused-ring (bicyclic) bond motifs is 1. The van der Waals surface area contributed by atoms with Crippen LogP contribution in [0, 0.1) is 0 Å². The van der Waals surface area contributed by atoms with Crippen molar-refractivity contribution in [2.24, 2.45) is 0 Å². The lowest BCUT2D eigenvalue weighted by molar-refractivity contribution is -0.150. The number of rotatable bonds is 8. The number of aromatic nitrogens is 1. The number of thiocarbonyl (C=S) groups is 1. The fraction of sp³-hybridized carbons (Fsp3) is 0.200. The van der Waals surface area contributed by atoms with Crippen LogP contribution in [-0.2, 0) is 20.7 Å². The summed E-state index contributed by atoms with van der Waals surface area (Å²) in [6.07, 6.45) is 1.63. The van der Waals surface area contributed by atoms with Gasteiger partial charge in [-0.05, 0) is 49.0 Å². The molecular formula is C30H26N4O5S2. The highest BCUT2D eigenvalue weighted by atomic mass is 32.2. The molecule has 5 rings (SSSR count). The van der Waals surface area contributed by atoms with Crippen molar-refractivity contribution in [1.29, 1.82) is 0 Å². The van der Waals surface area contributed by atoms with Gasteiger partial charge in [-0.15, -0.1) is 11.8 Å². The molecule has 0 fully saturated rings. The van der Waals surface area contributed by atoms with Gasteiger partial charge in [0.1, 0.15) is 11.7 Å². The number of allylic oxidation sites excluding steroid dienone is 1. The Labute approximate surface area is 246 Å². The number of Topliss-reactive ketones (excluding diaryl/α,β-unsaturated/α-hetero) is 2. The third kappa shape index (κ3) is 5.63. The van der Waals surface area contributed by atoms with Gasteiger partial charge < -0.3 is 20.7 Å². The van der Waals surface area contributed by atoms with Gasteiger partial charge in [0, 0.05) is 24.1 Å². The summed E-state index contributed by atoms with van der Waals surface area (Å²) >= 11 is 6.55. The minimum absolute atomic E-state index is 0.0114. The SMILES string of the molecule is CCOC(=O)[C@@]1(NC(=O)[C@H](Cc2ccccc2)NC(=S)Nc2ccccc2)CSC2=C1C(=O)c1ncccc1C2=O. The summed E-state index contributed by atoms with van der Waals surface area (Å²) in [5.41, 5.74) is -0.333. The summed E-state index contributed by atoms with van der Waals surface area (Å²) in [6, 6.07) is 20.7. The van der Waals surface area contributed by atoms with Crippen molar-refractivity contribution in [1.82, 2.24) is 15.6 Å². The Bertz CT molecular complexity index is 1560. The average Bonchev–Trinajstić information content (AvgIpc) is 3.37. The van der Waals surface area contributed by atoms with Gasteiger partial charge in [-0.3, -0.25) is 19.4 Å². The average molecular weight is 587 g/mol. The van der Waals surface area contributed by atoms with E-state index in [-0.39, 0.29) is 45.6 Å². The van der Waals surface area contributed by atoms with Crippen LogP contribution in [0.25, 0.3) is 0 Å². The van der Waals surface area contributed by atoms with E-state index in [0.717, 1.165) is 23.0 Å². The molecule has 3 N–H and O–H groups in total. The number of nitrogens with zero attached hydrogens (tertiary/aromatic N) is 1. The number of hydrogen-bond acceptors (Lipinski definition) is 8. The van der Waals surface area contributed by atoms with Crippen LogP contribution in [0.4, 0.5) is 5.69 Å². The lowest BCUT2D eigenvalue weighted by Gasteiger charge is -2.32. The van der Waals surface area contributed by atoms with Gasteiger partial charge >= 0.3 is 5.97 Å². The quantitative estimate of drug-likeness (QED) is 0.267. The van der Waals surface area contributed by atoms with Crippen molar-refractivity contribution in [3.8, 4) is 0 Å². The fourth-order valence-electron chi connectivity index (χ4n) is 4.77. The summed E-state index contributed by atoms with van der Waals surface area (Å²) < 4.78 is 5.37. The first-order valence-electron chi connectivity index (χ1n) is 12.9. The first-order chi connectivity index (χ1) is 19.8. The number of thioether (sulfide) groups is 1. The van der Waals surface area contributed by atoms with E-state index >= 15 is 0 Å². The normalized spacial score (nSPS) is 18.2. The summed E-state index contributed by atoms with van der Waals surface area (Å²) in [5.74, 6) is -2.52. The minimum Gasteiger partial charge on any atom is -0.464 e. The van der Waals surface area contributed by atoms with E-state index in [0.29, 0.717) is 0 Å². The third-order valence-corrected chi connectivity index (χ3v) is 8.16. The fourth-order valence-corrected chi connectivity index (χ4v) is 6.38. The Hall–Kier alpha value is -4.35. The molecule has 0 unspecified atom stereocenters. The number of hydrogen-bond donors (Lipinski definition) is 3. The van der Waals surface area contributed by atoms with Crippen LogP contribution in [0.3, 0.4) is 0 Å². The molecule has 1 aliphatic carbocycles. The lowest BCUT2D eigenvalue weighted by Crippen LogP contribution is -2.63. The van der Waals surface area contributed by atoms with Gasteiger partial charge in [-0.25, -0.2) is 4.79 Å². The number of carbonyl (C=O) groups excluding carboxylic acids is 4. The van der Waals surface area contributed by atoms with E-state index in [2.05, 4.69) is 20.9 Å². The van der Waals surface area contributed by atoms with Gasteiger partial charge in [0.15, 0.2) is 10.7 Å². The number of anilines is 1. The number of ketones is 2. The van der Waals surface area contributed by atoms with Crippen molar-refractivity contribution in [2.75, 3.05) is 17.7 Å². The van der Waals surface area contributed by atoms with Gasteiger partial charge in [0.2, 0.25) is 17.5 Å². The van der Waals surface area contributed by atoms with Crippen LogP contribution in [0.15, 0.2) is 89.5 Å². The molecule has 2 aromatic carbocycles. The predicted octanol–water partition coefficient (Wildman–Crippen LogP) is 3.48. The lowest BCUT2D eigenvalue weighted by atomic mass is 9.81. The minimum atomic E-state index is -1.89. The standard InChI is InChI=1S/C30H26N4O5S2/c1-2-39-28(38)30(17-41-26-22(30)25(36)23-20(24(26)35)14-9-15-31-23)34-27(37)21(16-18-10-5-3-6-11-18)33-29(40)32-19-12-7-4-8-13-19/h3-15,21H,2,16-17H2,1H3,(H,34,37)(H2,32,33,40)/t21-,30+/m0/s1. The number of para-hydroxylation sites is 1. The molecule has 9 nitrogen and oxygen atoms in total. The van der Waals surface area contributed by atoms with E-state index in [1.165, 1.54) is 12.3 Å². The number of carbonyl (C=O) groups is 4. The Morgan fingerprint density at radius 1 is 1.02 bits per heavy atom. The van der Waals surface area contributed by atoms with Gasteiger partial charge in [0.05, 0.1) is 22.6 Å². The predicted molar refractivity (Wildman–Crippen MR) is 160 cm³/mol. The zero-order valence-corrected chi connectivity index (χ0v) is 23.6. The highest BCUT2D eigenvalue weighted by molar-refractivity contribution is 8.04. The van der Waals surface area contributed by atoms with Crippen LogP contribution in [-0.4, -0.2) is 57.5 Å². The van der Waals surface area contributed by atoms with Crippen molar-refractivity contribution in [3.05, 3.63) is 106 Å². The Morgan fingerprint density at radius 2 is 1.73 bits per heavy atom. The van der Waals surface area contributed by atoms with E-state index < -0.39 is 35.0 Å². The number of ether oxygens (including phenoxy) is 1. The molecule has 2 heterocycles. The Kier molecular flexibility index (Phi) is 8.27. The molecule has 2 atom stereocenters. The second-order valence-electron chi connectivity index (χ2n) is 9.37.